The van der Waals surface area contributed by atoms with Gasteiger partial charge in [-0.2, -0.15) is 0 Å². The van der Waals surface area contributed by atoms with Gasteiger partial charge in [0.25, 0.3) is 0 Å². The molecule has 0 unspecified atom stereocenters. The number of nitrogens with zero attached hydrogens (tertiary/aromatic N) is 4. The molecule has 4 rings (SSSR count). The number of hydrogen-bond donors (Lipinski definition) is 1. The third-order valence-electron chi connectivity index (χ3n) is 4.60. The molecule has 1 saturated carbocycles. The molecule has 2 heterocycles. The molecule has 1 aliphatic carbocycles. The van der Waals surface area contributed by atoms with Gasteiger partial charge < -0.3 is 5.32 Å². The van der Waals surface area contributed by atoms with Gasteiger partial charge in [0, 0.05) is 37.3 Å². The first-order valence-corrected chi connectivity index (χ1v) is 8.56. The van der Waals surface area contributed by atoms with Crippen molar-refractivity contribution < 1.29 is 4.39 Å². The average Bonchev–Trinajstić information content (AvgIpc) is 3.19. The van der Waals surface area contributed by atoms with Gasteiger partial charge in [0.15, 0.2) is 0 Å². The molecule has 0 radical (unpaired) electrons. The SMILES string of the molecule is Fc1cccc([C@@H]2C[C@H]2CNCCc2ccnc(-n3ccnc3)n2)c1. The third kappa shape index (κ3) is 3.91. The molecule has 2 atom stereocenters. The minimum Gasteiger partial charge on any atom is -0.316 e. The van der Waals surface area contributed by atoms with E-state index in [-0.39, 0.29) is 5.82 Å². The van der Waals surface area contributed by atoms with E-state index in [4.69, 9.17) is 0 Å². The van der Waals surface area contributed by atoms with Crippen LogP contribution in [0.5, 0.6) is 0 Å². The van der Waals surface area contributed by atoms with Crippen molar-refractivity contribution in [3.05, 3.63) is 72.3 Å². The van der Waals surface area contributed by atoms with Gasteiger partial charge in [-0.3, -0.25) is 4.57 Å². The van der Waals surface area contributed by atoms with Crippen LogP contribution in [0, 0.1) is 11.7 Å². The van der Waals surface area contributed by atoms with Crippen LogP contribution < -0.4 is 5.32 Å². The number of benzene rings is 1. The Balaban J connectivity index is 1.24. The van der Waals surface area contributed by atoms with Crippen LogP contribution in [0.4, 0.5) is 4.39 Å². The molecule has 0 aliphatic heterocycles. The number of nitrogens with one attached hydrogen (secondary N) is 1. The van der Waals surface area contributed by atoms with E-state index in [0.29, 0.717) is 17.8 Å². The molecule has 0 saturated heterocycles. The molecular formula is C19H20FN5. The second-order valence-electron chi connectivity index (χ2n) is 6.43. The lowest BCUT2D eigenvalue weighted by atomic mass is 10.1. The smallest absolute Gasteiger partial charge is 0.235 e. The molecule has 2 aromatic heterocycles. The molecule has 128 valence electrons. The molecule has 1 N–H and O–H groups in total. The van der Waals surface area contributed by atoms with Crippen molar-refractivity contribution in [3.8, 4) is 5.95 Å². The highest BCUT2D eigenvalue weighted by Crippen LogP contribution is 2.46. The van der Waals surface area contributed by atoms with Gasteiger partial charge in [0.05, 0.1) is 0 Å². The second kappa shape index (κ2) is 7.11. The van der Waals surface area contributed by atoms with Crippen molar-refractivity contribution in [2.24, 2.45) is 5.92 Å². The van der Waals surface area contributed by atoms with Gasteiger partial charge in [0.1, 0.15) is 12.1 Å². The normalized spacial score (nSPS) is 19.1. The topological polar surface area (TPSA) is 55.6 Å². The summed E-state index contributed by atoms with van der Waals surface area (Å²) in [5.74, 6) is 1.60. The number of halogens is 1. The van der Waals surface area contributed by atoms with E-state index in [2.05, 4.69) is 20.3 Å². The van der Waals surface area contributed by atoms with Gasteiger partial charge >= 0.3 is 0 Å². The Morgan fingerprint density at radius 2 is 2.20 bits per heavy atom. The molecule has 0 amide bonds. The minimum atomic E-state index is -0.145. The predicted molar refractivity (Wildman–Crippen MR) is 93.0 cm³/mol. The number of aromatic nitrogens is 4. The van der Waals surface area contributed by atoms with Gasteiger partial charge in [-0.05, 0) is 48.6 Å². The van der Waals surface area contributed by atoms with Crippen molar-refractivity contribution >= 4 is 0 Å². The molecule has 1 aliphatic rings. The summed E-state index contributed by atoms with van der Waals surface area (Å²) in [6.45, 7) is 1.83. The van der Waals surface area contributed by atoms with Gasteiger partial charge in [-0.15, -0.1) is 0 Å². The predicted octanol–water partition coefficient (Wildman–Crippen LogP) is 2.74. The molecule has 3 aromatic rings. The Hall–Kier alpha value is -2.60. The molecule has 1 aromatic carbocycles. The van der Waals surface area contributed by atoms with Crippen LogP contribution in [0.3, 0.4) is 0 Å². The number of imidazole rings is 1. The largest absolute Gasteiger partial charge is 0.316 e. The summed E-state index contributed by atoms with van der Waals surface area (Å²) in [5.41, 5.74) is 2.12. The summed E-state index contributed by atoms with van der Waals surface area (Å²) in [6.07, 6.45) is 8.99. The molecular weight excluding hydrogens is 317 g/mol. The molecule has 1 fully saturated rings. The van der Waals surface area contributed by atoms with E-state index in [9.17, 15) is 4.39 Å². The Morgan fingerprint density at radius 3 is 3.04 bits per heavy atom. The Labute approximate surface area is 146 Å². The summed E-state index contributed by atoms with van der Waals surface area (Å²) >= 11 is 0. The van der Waals surface area contributed by atoms with E-state index in [0.717, 1.165) is 37.2 Å². The molecule has 0 bridgehead atoms. The van der Waals surface area contributed by atoms with Gasteiger partial charge in [0.2, 0.25) is 5.95 Å². The number of hydrogen-bond acceptors (Lipinski definition) is 4. The highest BCUT2D eigenvalue weighted by molar-refractivity contribution is 5.26. The lowest BCUT2D eigenvalue weighted by molar-refractivity contribution is 0.614. The van der Waals surface area contributed by atoms with Gasteiger partial charge in [-0.1, -0.05) is 12.1 Å². The Kier molecular flexibility index (Phi) is 4.52. The summed E-state index contributed by atoms with van der Waals surface area (Å²) in [6, 6.07) is 8.91. The monoisotopic (exact) mass is 337 g/mol. The maximum absolute atomic E-state index is 13.3. The fourth-order valence-electron chi connectivity index (χ4n) is 3.15. The van der Waals surface area contributed by atoms with Crippen molar-refractivity contribution in [3.63, 3.8) is 0 Å². The van der Waals surface area contributed by atoms with Crippen LogP contribution in [0.15, 0.2) is 55.2 Å². The maximum atomic E-state index is 13.3. The summed E-state index contributed by atoms with van der Waals surface area (Å²) in [4.78, 5) is 12.8. The van der Waals surface area contributed by atoms with Gasteiger partial charge in [-0.25, -0.2) is 19.3 Å². The third-order valence-corrected chi connectivity index (χ3v) is 4.60. The second-order valence-corrected chi connectivity index (χ2v) is 6.43. The highest BCUT2D eigenvalue weighted by Gasteiger charge is 2.37. The van der Waals surface area contributed by atoms with Crippen molar-refractivity contribution in [2.45, 2.75) is 18.8 Å². The standard InChI is InChI=1S/C19H20FN5/c20-16-3-1-2-14(10-16)18-11-15(18)12-21-6-4-17-5-7-23-19(24-17)25-9-8-22-13-25/h1-3,5,7-10,13,15,18,21H,4,6,11-12H2/t15-,18-/m0/s1. The van der Waals surface area contributed by atoms with E-state index < -0.39 is 0 Å². The van der Waals surface area contributed by atoms with Crippen LogP contribution in [0.25, 0.3) is 5.95 Å². The lowest BCUT2D eigenvalue weighted by Crippen LogP contribution is -2.21. The zero-order valence-corrected chi connectivity index (χ0v) is 13.8. The first-order valence-electron chi connectivity index (χ1n) is 8.56. The quantitative estimate of drug-likeness (QED) is 0.674. The molecule has 5 nitrogen and oxygen atoms in total. The Bertz CT molecular complexity index is 833. The summed E-state index contributed by atoms with van der Waals surface area (Å²) in [7, 11) is 0. The maximum Gasteiger partial charge on any atom is 0.235 e. The first kappa shape index (κ1) is 15.9. The van der Waals surface area contributed by atoms with E-state index >= 15 is 0 Å². The van der Waals surface area contributed by atoms with Crippen molar-refractivity contribution in [1.82, 2.24) is 24.8 Å². The van der Waals surface area contributed by atoms with Crippen molar-refractivity contribution in [2.75, 3.05) is 13.1 Å². The van der Waals surface area contributed by atoms with Crippen LogP contribution in [-0.4, -0.2) is 32.6 Å². The highest BCUT2D eigenvalue weighted by atomic mass is 19.1. The van der Waals surface area contributed by atoms with Crippen LogP contribution >= 0.6 is 0 Å². The lowest BCUT2D eigenvalue weighted by Gasteiger charge is -2.06. The molecule has 25 heavy (non-hydrogen) atoms. The fraction of sp³-hybridized carbons (Fsp3) is 0.316. The molecule has 6 heteroatoms. The Morgan fingerprint density at radius 1 is 1.24 bits per heavy atom. The number of rotatable bonds is 7. The zero-order valence-electron chi connectivity index (χ0n) is 13.8. The van der Waals surface area contributed by atoms with Crippen LogP contribution in [0.2, 0.25) is 0 Å². The summed E-state index contributed by atoms with van der Waals surface area (Å²) < 4.78 is 15.1. The summed E-state index contributed by atoms with van der Waals surface area (Å²) in [5, 5.41) is 3.49. The average molecular weight is 337 g/mol. The minimum absolute atomic E-state index is 0.145. The fourth-order valence-corrected chi connectivity index (χ4v) is 3.15. The zero-order chi connectivity index (χ0) is 17.1. The first-order chi connectivity index (χ1) is 12.3. The van der Waals surface area contributed by atoms with E-state index in [1.807, 2.05) is 18.3 Å². The van der Waals surface area contributed by atoms with Crippen LogP contribution in [-0.2, 0) is 6.42 Å². The molecule has 0 spiro atoms. The van der Waals surface area contributed by atoms with E-state index in [1.165, 1.54) is 6.07 Å². The van der Waals surface area contributed by atoms with Crippen LogP contribution in [0.1, 0.15) is 23.6 Å². The van der Waals surface area contributed by atoms with E-state index in [1.54, 1.807) is 35.4 Å². The van der Waals surface area contributed by atoms with Crippen molar-refractivity contribution in [1.29, 1.82) is 0 Å².